The molecular formula is C37H52ClN3O7S. The number of carbonyl (C=O) groups is 2. The maximum absolute atomic E-state index is 13.2. The highest BCUT2D eigenvalue weighted by Crippen LogP contribution is 2.45. The summed E-state index contributed by atoms with van der Waals surface area (Å²) >= 11 is 6.43. The van der Waals surface area contributed by atoms with Gasteiger partial charge in [0.2, 0.25) is 6.41 Å². The molecule has 2 aromatic rings. The molecule has 0 saturated heterocycles. The number of halogens is 1. The third-order valence-electron chi connectivity index (χ3n) is 9.25. The molecule has 1 heterocycles. The first kappa shape index (κ1) is 38.7. The van der Waals surface area contributed by atoms with Crippen LogP contribution < -0.4 is 14.4 Å². The molecule has 1 aliphatic heterocycles. The van der Waals surface area contributed by atoms with E-state index in [0.29, 0.717) is 62.9 Å². The standard InChI is InChI=1S/C37H52ClN3O7S/c1-7-27(33(11-9-20-47-36(2,3)4)48-35(43)40(5)19-21-45-6)16-18-41-24-37(17-8-10-28-22-29(38)12-14-31(28)37)25-46-34-15-13-30(23-32(34)41)49(44)39-26-42/h9,11-15,22-23,26-27,33H,7-8,10,16-21,24-25H2,1-6H3,(H,39,42)/b11-9+/t27?,33?,37-,49?/m0/s1. The normalized spacial score (nSPS) is 19.3. The number of hydrogen-bond acceptors (Lipinski definition) is 8. The van der Waals surface area contributed by atoms with Crippen molar-refractivity contribution in [2.24, 2.45) is 5.92 Å². The van der Waals surface area contributed by atoms with Crippen molar-refractivity contribution in [3.8, 4) is 5.75 Å². The quantitative estimate of drug-likeness (QED) is 0.166. The molecule has 1 spiro atoms. The fourth-order valence-corrected chi connectivity index (χ4v) is 7.41. The summed E-state index contributed by atoms with van der Waals surface area (Å²) < 4.78 is 39.0. The van der Waals surface area contributed by atoms with Gasteiger partial charge in [-0.15, -0.1) is 0 Å². The molecule has 2 aliphatic rings. The fourth-order valence-electron chi connectivity index (χ4n) is 6.59. The Morgan fingerprint density at radius 3 is 2.76 bits per heavy atom. The summed E-state index contributed by atoms with van der Waals surface area (Å²) in [6.07, 6.45) is 7.78. The van der Waals surface area contributed by atoms with Crippen LogP contribution in [-0.2, 0) is 41.8 Å². The summed E-state index contributed by atoms with van der Waals surface area (Å²) in [6, 6.07) is 11.6. The first-order valence-electron chi connectivity index (χ1n) is 17.0. The minimum absolute atomic E-state index is 0.0132. The van der Waals surface area contributed by atoms with Crippen LogP contribution in [0.25, 0.3) is 0 Å². The van der Waals surface area contributed by atoms with Gasteiger partial charge in [0.05, 0.1) is 36.0 Å². The van der Waals surface area contributed by atoms with Gasteiger partial charge in [-0.3, -0.25) is 9.52 Å². The number of likely N-dealkylation sites (N-methyl/N-ethyl adjacent to an activating group) is 1. The number of amides is 2. The summed E-state index contributed by atoms with van der Waals surface area (Å²) in [5, 5.41) is 0.723. The van der Waals surface area contributed by atoms with Crippen molar-refractivity contribution >= 4 is 40.8 Å². The monoisotopic (exact) mass is 717 g/mol. The van der Waals surface area contributed by atoms with Crippen molar-refractivity contribution in [3.05, 3.63) is 64.7 Å². The Morgan fingerprint density at radius 2 is 2.04 bits per heavy atom. The van der Waals surface area contributed by atoms with Crippen molar-refractivity contribution < 1.29 is 32.7 Å². The van der Waals surface area contributed by atoms with Gasteiger partial charge in [0.1, 0.15) is 11.9 Å². The Kier molecular flexibility index (Phi) is 14.0. The first-order valence-corrected chi connectivity index (χ1v) is 18.6. The van der Waals surface area contributed by atoms with Crippen molar-refractivity contribution in [1.29, 1.82) is 0 Å². The van der Waals surface area contributed by atoms with Gasteiger partial charge in [0.15, 0.2) is 11.0 Å². The molecule has 2 amide bonds. The summed E-state index contributed by atoms with van der Waals surface area (Å²) in [7, 11) is 1.60. The summed E-state index contributed by atoms with van der Waals surface area (Å²) in [6.45, 7) is 11.1. The molecule has 0 aromatic heterocycles. The third kappa shape index (κ3) is 10.4. The summed E-state index contributed by atoms with van der Waals surface area (Å²) in [5.74, 6) is 0.681. The number of aryl methyl sites for hydroxylation is 1. The molecule has 4 rings (SSSR count). The average molecular weight is 718 g/mol. The lowest BCUT2D eigenvalue weighted by Gasteiger charge is -2.41. The Labute approximate surface area is 299 Å². The van der Waals surface area contributed by atoms with Crippen LogP contribution in [0.4, 0.5) is 10.5 Å². The fraction of sp³-hybridized carbons (Fsp3) is 0.568. The van der Waals surface area contributed by atoms with E-state index in [2.05, 4.69) is 28.7 Å². The average Bonchev–Trinajstić information content (AvgIpc) is 3.21. The Morgan fingerprint density at radius 1 is 1.24 bits per heavy atom. The maximum atomic E-state index is 13.2. The van der Waals surface area contributed by atoms with E-state index >= 15 is 0 Å². The highest BCUT2D eigenvalue weighted by atomic mass is 35.5. The van der Waals surface area contributed by atoms with Crippen LogP contribution in [0.5, 0.6) is 5.75 Å². The second-order valence-corrected chi connectivity index (χ2v) is 15.5. The van der Waals surface area contributed by atoms with Crippen molar-refractivity contribution in [3.63, 3.8) is 0 Å². The number of methoxy groups -OCH3 is 1. The Hall–Kier alpha value is -3.12. The molecular weight excluding hydrogens is 666 g/mol. The zero-order chi connectivity index (χ0) is 35.6. The topological polar surface area (TPSA) is 107 Å². The van der Waals surface area contributed by atoms with Crippen LogP contribution in [-0.4, -0.2) is 86.9 Å². The number of carbonyl (C=O) groups excluding carboxylic acids is 2. The van der Waals surface area contributed by atoms with Crippen LogP contribution in [0.2, 0.25) is 5.02 Å². The second kappa shape index (κ2) is 17.7. The molecule has 49 heavy (non-hydrogen) atoms. The zero-order valence-electron chi connectivity index (χ0n) is 29.7. The number of benzene rings is 2. The molecule has 1 N–H and O–H groups in total. The van der Waals surface area contributed by atoms with Gasteiger partial charge in [-0.1, -0.05) is 30.7 Å². The van der Waals surface area contributed by atoms with E-state index in [0.717, 1.165) is 36.4 Å². The molecule has 3 unspecified atom stereocenters. The second-order valence-electron chi connectivity index (χ2n) is 13.9. The molecule has 0 fully saturated rings. The summed E-state index contributed by atoms with van der Waals surface area (Å²) in [4.78, 5) is 28.6. The predicted molar refractivity (Wildman–Crippen MR) is 194 cm³/mol. The van der Waals surface area contributed by atoms with Gasteiger partial charge in [-0.2, -0.15) is 0 Å². The SMILES string of the molecule is CCC(CCN1C[C@@]2(CCCc3cc(Cl)ccc32)COc2ccc(S(=O)NC=O)cc21)C(/C=C/COC(C)(C)C)OC(=O)N(C)CCOC. The lowest BCUT2D eigenvalue weighted by Crippen LogP contribution is -2.46. The molecule has 1 aliphatic carbocycles. The van der Waals surface area contributed by atoms with Crippen molar-refractivity contribution in [2.75, 3.05) is 58.5 Å². The van der Waals surface area contributed by atoms with Gasteiger partial charge < -0.3 is 28.7 Å². The number of fused-ring (bicyclic) bond motifs is 3. The Balaban J connectivity index is 1.66. The van der Waals surface area contributed by atoms with E-state index in [9.17, 15) is 13.8 Å². The van der Waals surface area contributed by atoms with E-state index < -0.39 is 23.2 Å². The van der Waals surface area contributed by atoms with Crippen molar-refractivity contribution in [2.45, 2.75) is 81.8 Å². The Bertz CT molecular complexity index is 1480. The molecule has 10 nitrogen and oxygen atoms in total. The molecule has 0 bridgehead atoms. The lowest BCUT2D eigenvalue weighted by atomic mass is 9.70. The molecule has 0 radical (unpaired) electrons. The zero-order valence-corrected chi connectivity index (χ0v) is 31.2. The van der Waals surface area contributed by atoms with Gasteiger partial charge in [-0.05, 0) is 100 Å². The highest BCUT2D eigenvalue weighted by Gasteiger charge is 2.42. The largest absolute Gasteiger partial charge is 0.490 e. The smallest absolute Gasteiger partial charge is 0.410 e. The van der Waals surface area contributed by atoms with Crippen LogP contribution in [0.15, 0.2) is 53.4 Å². The minimum atomic E-state index is -1.71. The number of nitrogens with zero attached hydrogens (tertiary/aromatic N) is 2. The maximum Gasteiger partial charge on any atom is 0.410 e. The third-order valence-corrected chi connectivity index (χ3v) is 10.5. The number of hydrogen-bond donors (Lipinski definition) is 1. The molecule has 2 aromatic carbocycles. The van der Waals surface area contributed by atoms with E-state index in [1.807, 2.05) is 51.1 Å². The van der Waals surface area contributed by atoms with Crippen LogP contribution in [0, 0.1) is 5.92 Å². The van der Waals surface area contributed by atoms with Gasteiger partial charge in [0.25, 0.3) is 0 Å². The molecule has 12 heteroatoms. The lowest BCUT2D eigenvalue weighted by molar-refractivity contribution is -0.108. The highest BCUT2D eigenvalue weighted by molar-refractivity contribution is 7.83. The van der Waals surface area contributed by atoms with Crippen LogP contribution >= 0.6 is 11.6 Å². The number of anilines is 1. The minimum Gasteiger partial charge on any atom is -0.490 e. The summed E-state index contributed by atoms with van der Waals surface area (Å²) in [5.41, 5.74) is 2.70. The van der Waals surface area contributed by atoms with Crippen LogP contribution in [0.3, 0.4) is 0 Å². The van der Waals surface area contributed by atoms with Gasteiger partial charge in [0, 0.05) is 50.1 Å². The van der Waals surface area contributed by atoms with Crippen molar-refractivity contribution in [1.82, 2.24) is 9.62 Å². The molecule has 270 valence electrons. The number of rotatable bonds is 15. The number of ether oxygens (including phenoxy) is 4. The first-order chi connectivity index (χ1) is 23.4. The molecule has 4 atom stereocenters. The van der Waals surface area contributed by atoms with Gasteiger partial charge in [-0.25, -0.2) is 9.00 Å². The van der Waals surface area contributed by atoms with E-state index in [1.165, 1.54) is 16.0 Å². The van der Waals surface area contributed by atoms with Gasteiger partial charge >= 0.3 is 6.09 Å². The predicted octanol–water partition coefficient (Wildman–Crippen LogP) is 6.45. The van der Waals surface area contributed by atoms with Crippen LogP contribution in [0.1, 0.15) is 64.5 Å². The van der Waals surface area contributed by atoms with E-state index in [-0.39, 0.29) is 16.9 Å². The van der Waals surface area contributed by atoms with E-state index in [1.54, 1.807) is 20.2 Å². The van der Waals surface area contributed by atoms with E-state index in [4.69, 9.17) is 30.5 Å². The molecule has 0 saturated carbocycles. The number of nitrogens with one attached hydrogen (secondary N) is 1.